The maximum Gasteiger partial charge on any atom is 0.390 e. The molecule has 114 heavy (non-hydrogen) atoms. The van der Waals surface area contributed by atoms with Gasteiger partial charge in [0.1, 0.15) is 17.0 Å². The summed E-state index contributed by atoms with van der Waals surface area (Å²) in [6.45, 7) is 20.8. The molecular weight excluding hydrogens is 1630 g/mol. The lowest BCUT2D eigenvalue weighted by Crippen LogP contribution is -2.24. The highest BCUT2D eigenvalue weighted by molar-refractivity contribution is 9.08. The van der Waals surface area contributed by atoms with E-state index < -0.39 is 50.2 Å². The minimum Gasteiger partial charge on any atom is -0.478 e. The Morgan fingerprint density at radius 1 is 0.526 bits per heavy atom. The lowest BCUT2D eigenvalue weighted by Gasteiger charge is -2.19. The van der Waals surface area contributed by atoms with Gasteiger partial charge in [-0.15, -0.1) is 9.78 Å². The van der Waals surface area contributed by atoms with Gasteiger partial charge in [0.15, 0.2) is 5.12 Å². The molecule has 27 nitrogen and oxygen atoms in total. The van der Waals surface area contributed by atoms with Gasteiger partial charge in [-0.3, -0.25) is 19.2 Å². The summed E-state index contributed by atoms with van der Waals surface area (Å²) >= 11 is 17.1. The van der Waals surface area contributed by atoms with Gasteiger partial charge in [0, 0.05) is 64.6 Å². The smallest absolute Gasteiger partial charge is 0.390 e. The average Bonchev–Trinajstić information content (AvgIpc) is 1.69. The van der Waals surface area contributed by atoms with Gasteiger partial charge in [0.25, 0.3) is 5.24 Å². The number of anilines is 1. The van der Waals surface area contributed by atoms with Crippen molar-refractivity contribution in [3.05, 3.63) is 293 Å². The van der Waals surface area contributed by atoms with Crippen molar-refractivity contribution >= 4 is 139 Å². The van der Waals surface area contributed by atoms with Crippen LogP contribution >= 0.6 is 75.4 Å². The molecule has 3 heterocycles. The highest BCUT2D eigenvalue weighted by Crippen LogP contribution is 2.22. The molecule has 0 bridgehead atoms. The fourth-order valence-electron chi connectivity index (χ4n) is 8.75. The van der Waals surface area contributed by atoms with Crippen LogP contribution in [-0.4, -0.2) is 129 Å². The predicted octanol–water partition coefficient (Wildman–Crippen LogP) is 18.4. The molecule has 33 heteroatoms. The van der Waals surface area contributed by atoms with E-state index >= 15 is 0 Å². The zero-order valence-corrected chi connectivity index (χ0v) is 70.2. The third-order valence-corrected chi connectivity index (χ3v) is 18.6. The summed E-state index contributed by atoms with van der Waals surface area (Å²) in [5, 5.41) is 68.9. The van der Waals surface area contributed by atoms with Crippen molar-refractivity contribution in [3.63, 3.8) is 0 Å². The van der Waals surface area contributed by atoms with Crippen LogP contribution < -0.4 is 5.73 Å². The Hall–Kier alpha value is -10.9. The molecule has 0 saturated carbocycles. The molecule has 0 aliphatic rings. The number of carboxylic acid groups (broad SMARTS) is 4. The van der Waals surface area contributed by atoms with Crippen molar-refractivity contribution in [2.24, 2.45) is 0 Å². The number of carbonyl (C=O) groups is 8. The number of nitrogen functional groups attached to an aromatic ring is 1. The first-order valence-electron chi connectivity index (χ1n) is 34.4. The number of aromatic amines is 1. The van der Waals surface area contributed by atoms with Crippen molar-refractivity contribution in [2.45, 2.75) is 129 Å². The number of halogens is 2. The maximum absolute atomic E-state index is 11.5. The molecule has 0 radical (unpaired) electrons. The van der Waals surface area contributed by atoms with E-state index in [1.54, 1.807) is 125 Å². The number of benzene rings is 7. The molecule has 0 aliphatic heterocycles. The number of hydrogen-bond acceptors (Lipinski definition) is 22. The first-order valence-corrected chi connectivity index (χ1v) is 39.9. The summed E-state index contributed by atoms with van der Waals surface area (Å²) in [4.78, 5) is 106. The fraction of sp³-hybridized carbons (Fsp3) is 0.272. The Labute approximate surface area is 692 Å². The number of carbonyl (C=O) groups excluding carboxylic acids is 4. The standard InChI is InChI=1S/C15H19ClO3S.C15H20O4S.C11H11N3O2.C11H13N3.C10H10O3S.C8H7BrO2.C8H8O2S.C3H3N3O2/c1-15(2,3)19-13(17)7-8-20-10-11-5-4-6-12(9-11)14(16)18;1-15(2,3)19-13(16)7-8-20-10-11-5-4-6-12(9-11)14(17)18;1-8-3-4-10(7-9(8)2)13-6-5-11(12-13)14(15)16;1-8-3-4-10(7-9(8)2)14-6-5-11(12)13-14;1-7(11)14-6-8-3-2-4-9(5-8)10(12)13;9-5-6-2-1-3-7(4-6)8(10)11;9-8(10)7-3-1-2-6(4-7)5-11;7-6(8)3-1-2-4-5-3/h4-6,9H,7-8,10H2,1-3H3;4-6,9H,7-8,10H2,1-3H3,(H,17,18);3-7H,1-2H3;3-7H,1-2H3,(H2,12,13);2-5H,6H2,1H3,(H,12,13);1-4H,5H2,(H,10,11);1-4,11H,5H2,(H,9,10);1-2H,(H,4,5). The van der Waals surface area contributed by atoms with Gasteiger partial charge >= 0.3 is 47.5 Å². The number of H-pyrrole nitrogens is 1. The summed E-state index contributed by atoms with van der Waals surface area (Å²) in [6, 6.07) is 50.7. The number of carboxylic acids is 4. The van der Waals surface area contributed by atoms with E-state index in [1.165, 1.54) is 64.5 Å². The number of nitrogens with one attached hydrogen (secondary N) is 1. The monoisotopic (exact) mass is 1720 g/mol. The van der Waals surface area contributed by atoms with Crippen LogP contribution in [0.2, 0.25) is 0 Å². The number of aryl methyl sites for hydroxylation is 4. The van der Waals surface area contributed by atoms with E-state index in [1.807, 2.05) is 116 Å². The van der Waals surface area contributed by atoms with Crippen molar-refractivity contribution in [1.29, 1.82) is 0 Å². The molecule has 0 unspecified atom stereocenters. The van der Waals surface area contributed by atoms with Crippen LogP contribution in [0.15, 0.2) is 195 Å². The first kappa shape index (κ1) is 97.3. The van der Waals surface area contributed by atoms with E-state index in [9.17, 15) is 58.6 Å². The van der Waals surface area contributed by atoms with Crippen molar-refractivity contribution in [2.75, 3.05) is 17.2 Å². The number of hydrogen-bond donors (Lipinski definition) is 7. The number of aromatic carboxylic acids is 4. The molecule has 0 aliphatic carbocycles. The Morgan fingerprint density at radius 3 is 1.25 bits per heavy atom. The minimum atomic E-state index is -0.945. The zero-order chi connectivity index (χ0) is 85.3. The first-order chi connectivity index (χ1) is 53.7. The molecule has 10 rings (SSSR count). The van der Waals surface area contributed by atoms with Crippen molar-refractivity contribution < 1.29 is 78.1 Å². The zero-order valence-electron chi connectivity index (χ0n) is 64.5. The van der Waals surface area contributed by atoms with Gasteiger partial charge in [-0.25, -0.2) is 23.9 Å². The van der Waals surface area contributed by atoms with Crippen LogP contribution in [0.1, 0.15) is 163 Å². The van der Waals surface area contributed by atoms with Crippen LogP contribution in [-0.2, 0) is 52.2 Å². The summed E-state index contributed by atoms with van der Waals surface area (Å²) in [7, 11) is 0. The Bertz CT molecular complexity index is 4690. The number of aromatic nitrogens is 6. The van der Waals surface area contributed by atoms with E-state index in [0.29, 0.717) is 69.4 Å². The number of alkyl halides is 1. The Balaban J connectivity index is 0.000000342. The highest BCUT2D eigenvalue weighted by atomic mass is 79.9. The molecule has 0 amide bonds. The number of ether oxygens (including phenoxy) is 2. The molecule has 0 atom stereocenters. The molecule has 0 fully saturated rings. The maximum atomic E-state index is 11.5. The Kier molecular flexibility index (Phi) is 42.9. The number of thiol groups is 1. The molecule has 0 spiro atoms. The summed E-state index contributed by atoms with van der Waals surface area (Å²) in [5.74, 6) is 0.153. The second kappa shape index (κ2) is 50.3. The number of thioether (sulfide) groups is 3. The molecule has 606 valence electrons. The second-order valence-electron chi connectivity index (χ2n) is 26.1. The number of nitro groups is 2. The molecule has 0 saturated heterocycles. The molecule has 3 aromatic heterocycles. The normalized spacial score (nSPS) is 10.3. The number of esters is 2. The van der Waals surface area contributed by atoms with Crippen LogP contribution in [0.5, 0.6) is 0 Å². The highest BCUT2D eigenvalue weighted by Gasteiger charge is 2.18. The largest absolute Gasteiger partial charge is 0.478 e. The Morgan fingerprint density at radius 2 is 0.912 bits per heavy atom. The SMILES string of the molecule is CC(=O)SCc1cccc(C(=O)O)c1.CC(C)(C)OC(=O)CCSCc1cccc(C(=O)Cl)c1.CC(C)(C)OC(=O)CCSCc1cccc(C(=O)O)c1.Cc1ccc(-n2ccc(N)n2)cc1C.Cc1ccc(-n2ccc([N+](=O)[O-])n2)cc1C.O=C(O)c1cccc(CBr)c1.O=C(O)c1cccc(CS)c1.O=[N+]([O-])c1ccn[nH]1. The van der Waals surface area contributed by atoms with Gasteiger partial charge < -0.3 is 55.9 Å². The molecular formula is C81H91BrClN9O18S4. The summed E-state index contributed by atoms with van der Waals surface area (Å²) in [5.41, 5.74) is 17.8. The minimum absolute atomic E-state index is 0.0331. The van der Waals surface area contributed by atoms with E-state index in [0.717, 1.165) is 50.5 Å². The lowest BCUT2D eigenvalue weighted by atomic mass is 10.1. The van der Waals surface area contributed by atoms with Crippen LogP contribution in [0, 0.1) is 47.9 Å². The van der Waals surface area contributed by atoms with E-state index in [4.69, 9.17) is 47.2 Å². The number of rotatable bonds is 23. The van der Waals surface area contributed by atoms with E-state index in [-0.39, 0.29) is 39.8 Å². The van der Waals surface area contributed by atoms with Gasteiger partial charge in [-0.2, -0.15) is 41.3 Å². The molecule has 10 aromatic rings. The molecule has 7 aromatic carbocycles. The lowest BCUT2D eigenvalue weighted by molar-refractivity contribution is -0.389. The number of nitrogens with zero attached hydrogens (tertiary/aromatic N) is 7. The van der Waals surface area contributed by atoms with E-state index in [2.05, 4.69) is 74.9 Å². The van der Waals surface area contributed by atoms with Crippen LogP contribution in [0.25, 0.3) is 11.4 Å². The van der Waals surface area contributed by atoms with Gasteiger partial charge in [0.2, 0.25) is 0 Å². The van der Waals surface area contributed by atoms with Gasteiger partial charge in [-0.05, 0) is 220 Å². The topological polar surface area (TPSA) is 413 Å². The fourth-order valence-corrected chi connectivity index (χ4v) is 11.7. The quantitative estimate of drug-likeness (QED) is 0.00595. The predicted molar refractivity (Wildman–Crippen MR) is 453 cm³/mol. The molecule has 7 N–H and O–H groups in total. The van der Waals surface area contributed by atoms with Gasteiger partial charge in [-0.1, -0.05) is 112 Å². The third kappa shape index (κ3) is 40.0. The number of nitrogens with two attached hydrogens (primary N) is 1. The second-order valence-corrected chi connectivity index (χ2v) is 30.7. The van der Waals surface area contributed by atoms with Crippen LogP contribution in [0.3, 0.4) is 0 Å². The summed E-state index contributed by atoms with van der Waals surface area (Å²) < 4.78 is 13.7. The summed E-state index contributed by atoms with van der Waals surface area (Å²) in [6.07, 6.45) is 5.52. The van der Waals surface area contributed by atoms with Crippen molar-refractivity contribution in [3.8, 4) is 11.4 Å². The van der Waals surface area contributed by atoms with Crippen LogP contribution in [0.4, 0.5) is 17.5 Å². The van der Waals surface area contributed by atoms with Gasteiger partial charge in [0.05, 0.1) is 76.1 Å². The van der Waals surface area contributed by atoms with Crippen molar-refractivity contribution in [1.82, 2.24) is 29.8 Å². The average molecular weight is 1720 g/mol. The third-order valence-electron chi connectivity index (χ3n) is 14.5.